The molecular formula is C14H7ClF5N5. The molecule has 0 aliphatic heterocycles. The fourth-order valence-corrected chi connectivity index (χ4v) is 2.12. The summed E-state index contributed by atoms with van der Waals surface area (Å²) in [6, 6.07) is 0.712. The average Bonchev–Trinajstić information content (AvgIpc) is 2.96. The van der Waals surface area contributed by atoms with Crippen LogP contribution in [0.2, 0.25) is 5.02 Å². The van der Waals surface area contributed by atoms with Crippen LogP contribution in [0.1, 0.15) is 11.5 Å². The number of hydrogen-bond acceptors (Lipinski definition) is 4. The highest BCUT2D eigenvalue weighted by Crippen LogP contribution is 2.31. The van der Waals surface area contributed by atoms with Gasteiger partial charge in [-0.2, -0.15) is 17.6 Å². The molecule has 25 heavy (non-hydrogen) atoms. The third kappa shape index (κ3) is 3.73. The Morgan fingerprint density at radius 3 is 2.32 bits per heavy atom. The van der Waals surface area contributed by atoms with Gasteiger partial charge in [-0.1, -0.05) is 11.6 Å². The van der Waals surface area contributed by atoms with Crippen molar-refractivity contribution in [1.29, 1.82) is 0 Å². The lowest BCUT2D eigenvalue weighted by Gasteiger charge is -2.07. The van der Waals surface area contributed by atoms with E-state index in [4.69, 9.17) is 11.6 Å². The zero-order valence-electron chi connectivity index (χ0n) is 12.1. The number of imidazole rings is 1. The molecule has 3 heterocycles. The van der Waals surface area contributed by atoms with E-state index in [1.165, 1.54) is 12.4 Å². The second-order valence-corrected chi connectivity index (χ2v) is 5.33. The third-order valence-electron chi connectivity index (χ3n) is 3.11. The molecular weight excluding hydrogens is 369 g/mol. The van der Waals surface area contributed by atoms with E-state index in [0.717, 1.165) is 17.0 Å². The predicted molar refractivity (Wildman–Crippen MR) is 76.5 cm³/mol. The number of aromatic nitrogens is 5. The highest BCUT2D eigenvalue weighted by Gasteiger charge is 2.35. The van der Waals surface area contributed by atoms with E-state index in [1.807, 2.05) is 0 Å². The molecule has 0 radical (unpaired) electrons. The van der Waals surface area contributed by atoms with Crippen molar-refractivity contribution in [2.24, 2.45) is 0 Å². The second kappa shape index (κ2) is 6.36. The number of hydrogen-bond donors (Lipinski definition) is 0. The van der Waals surface area contributed by atoms with Gasteiger partial charge in [-0.15, -0.1) is 0 Å². The molecule has 0 bridgehead atoms. The Kier molecular flexibility index (Phi) is 4.38. The van der Waals surface area contributed by atoms with Crippen molar-refractivity contribution in [2.45, 2.75) is 12.7 Å². The van der Waals surface area contributed by atoms with Gasteiger partial charge in [-0.3, -0.25) is 0 Å². The van der Waals surface area contributed by atoms with Gasteiger partial charge in [-0.25, -0.2) is 24.3 Å². The van der Waals surface area contributed by atoms with Gasteiger partial charge in [0.25, 0.3) is 0 Å². The summed E-state index contributed by atoms with van der Waals surface area (Å²) in [5, 5.41) is 0.260. The van der Waals surface area contributed by atoms with Crippen LogP contribution in [0, 0.1) is 11.8 Å². The monoisotopic (exact) mass is 375 g/mol. The molecule has 0 spiro atoms. The normalized spacial score (nSPS) is 11.8. The number of halogens is 6. The molecule has 0 fully saturated rings. The minimum absolute atomic E-state index is 0.122. The SMILES string of the molecule is Fc1cc(-c2nc(C(F)(F)F)cn2Cc2ncc(Cl)cn2)cnc1F. The molecule has 11 heteroatoms. The Labute approximate surface area is 142 Å². The van der Waals surface area contributed by atoms with Crippen molar-refractivity contribution in [1.82, 2.24) is 24.5 Å². The summed E-state index contributed by atoms with van der Waals surface area (Å²) in [5.74, 6) is -2.76. The van der Waals surface area contributed by atoms with Gasteiger partial charge in [0.1, 0.15) is 11.6 Å². The largest absolute Gasteiger partial charge is 0.434 e. The summed E-state index contributed by atoms with van der Waals surface area (Å²) >= 11 is 5.66. The lowest BCUT2D eigenvalue weighted by Crippen LogP contribution is -2.06. The summed E-state index contributed by atoms with van der Waals surface area (Å²) in [6.45, 7) is -0.186. The van der Waals surface area contributed by atoms with Crippen LogP contribution in [0.15, 0.2) is 30.9 Å². The Morgan fingerprint density at radius 1 is 1.04 bits per heavy atom. The summed E-state index contributed by atoms with van der Waals surface area (Å²) in [6.07, 6.45) is -0.532. The molecule has 0 saturated heterocycles. The molecule has 0 aliphatic carbocycles. The number of nitrogens with zero attached hydrogens (tertiary/aromatic N) is 5. The van der Waals surface area contributed by atoms with Crippen molar-refractivity contribution in [3.8, 4) is 11.4 Å². The van der Waals surface area contributed by atoms with Gasteiger partial charge >= 0.3 is 6.18 Å². The lowest BCUT2D eigenvalue weighted by molar-refractivity contribution is -0.140. The van der Waals surface area contributed by atoms with Crippen molar-refractivity contribution >= 4 is 11.6 Å². The molecule has 3 aromatic heterocycles. The zero-order chi connectivity index (χ0) is 18.2. The van der Waals surface area contributed by atoms with E-state index in [-0.39, 0.29) is 28.8 Å². The van der Waals surface area contributed by atoms with E-state index in [2.05, 4.69) is 19.9 Å². The van der Waals surface area contributed by atoms with Crippen LogP contribution in [-0.4, -0.2) is 24.5 Å². The topological polar surface area (TPSA) is 56.5 Å². The number of alkyl halides is 3. The van der Waals surface area contributed by atoms with Crippen LogP contribution < -0.4 is 0 Å². The van der Waals surface area contributed by atoms with E-state index >= 15 is 0 Å². The number of rotatable bonds is 3. The van der Waals surface area contributed by atoms with Gasteiger partial charge in [0.05, 0.1) is 11.6 Å². The maximum atomic E-state index is 13.4. The highest BCUT2D eigenvalue weighted by molar-refractivity contribution is 6.30. The van der Waals surface area contributed by atoms with E-state index in [0.29, 0.717) is 6.07 Å². The fourth-order valence-electron chi connectivity index (χ4n) is 2.02. The van der Waals surface area contributed by atoms with E-state index in [9.17, 15) is 22.0 Å². The molecule has 0 unspecified atom stereocenters. The molecule has 0 atom stereocenters. The first-order chi connectivity index (χ1) is 11.7. The van der Waals surface area contributed by atoms with Crippen LogP contribution in [0.4, 0.5) is 22.0 Å². The van der Waals surface area contributed by atoms with Gasteiger partial charge < -0.3 is 4.57 Å². The van der Waals surface area contributed by atoms with Gasteiger partial charge in [0.15, 0.2) is 11.5 Å². The van der Waals surface area contributed by atoms with Crippen LogP contribution in [0.5, 0.6) is 0 Å². The average molecular weight is 376 g/mol. The van der Waals surface area contributed by atoms with Crippen molar-refractivity contribution < 1.29 is 22.0 Å². The van der Waals surface area contributed by atoms with Crippen molar-refractivity contribution in [3.63, 3.8) is 0 Å². The van der Waals surface area contributed by atoms with Crippen LogP contribution in [0.25, 0.3) is 11.4 Å². The molecule has 3 rings (SSSR count). The standard InChI is InChI=1S/C14H7ClF5N5/c15-8-3-21-11(22-4-8)6-25-5-10(14(18,19)20)24-13(25)7-1-9(16)12(17)23-2-7/h1-5H,6H2. The van der Waals surface area contributed by atoms with E-state index in [1.54, 1.807) is 0 Å². The zero-order valence-corrected chi connectivity index (χ0v) is 12.9. The molecule has 0 aliphatic rings. The maximum absolute atomic E-state index is 13.4. The summed E-state index contributed by atoms with van der Waals surface area (Å²) in [4.78, 5) is 14.4. The van der Waals surface area contributed by atoms with E-state index < -0.39 is 23.6 Å². The Bertz CT molecular complexity index is 907. The minimum atomic E-state index is -4.72. The lowest BCUT2D eigenvalue weighted by atomic mass is 10.2. The Hall–Kier alpha value is -2.62. The fraction of sp³-hybridized carbons (Fsp3) is 0.143. The first-order valence-electron chi connectivity index (χ1n) is 6.66. The second-order valence-electron chi connectivity index (χ2n) is 4.89. The van der Waals surface area contributed by atoms with Crippen LogP contribution >= 0.6 is 11.6 Å². The van der Waals surface area contributed by atoms with Crippen molar-refractivity contribution in [3.05, 3.63) is 59.2 Å². The smallest absolute Gasteiger partial charge is 0.323 e. The van der Waals surface area contributed by atoms with Crippen LogP contribution in [-0.2, 0) is 12.7 Å². The maximum Gasteiger partial charge on any atom is 0.434 e. The molecule has 0 saturated carbocycles. The first kappa shape index (κ1) is 17.2. The van der Waals surface area contributed by atoms with Gasteiger partial charge in [0.2, 0.25) is 5.95 Å². The molecule has 0 aromatic carbocycles. The summed E-state index contributed by atoms with van der Waals surface area (Å²) in [7, 11) is 0. The Balaban J connectivity index is 2.07. The molecule has 5 nitrogen and oxygen atoms in total. The molecule has 130 valence electrons. The minimum Gasteiger partial charge on any atom is -0.323 e. The van der Waals surface area contributed by atoms with Crippen molar-refractivity contribution in [2.75, 3.05) is 0 Å². The highest BCUT2D eigenvalue weighted by atomic mass is 35.5. The Morgan fingerprint density at radius 2 is 1.72 bits per heavy atom. The summed E-state index contributed by atoms with van der Waals surface area (Å²) in [5.41, 5.74) is -1.32. The first-order valence-corrected chi connectivity index (χ1v) is 7.04. The predicted octanol–water partition coefficient (Wildman–Crippen LogP) is 3.73. The third-order valence-corrected chi connectivity index (χ3v) is 3.30. The van der Waals surface area contributed by atoms with Gasteiger partial charge in [0, 0.05) is 30.4 Å². The molecule has 3 aromatic rings. The van der Waals surface area contributed by atoms with Crippen LogP contribution in [0.3, 0.4) is 0 Å². The summed E-state index contributed by atoms with van der Waals surface area (Å²) < 4.78 is 66.3. The molecule has 0 N–H and O–H groups in total. The number of pyridine rings is 1. The molecule has 0 amide bonds. The van der Waals surface area contributed by atoms with Gasteiger partial charge in [-0.05, 0) is 6.07 Å². The quantitative estimate of drug-likeness (QED) is 0.517.